The monoisotopic (exact) mass is 217 g/mol. The van der Waals surface area contributed by atoms with Crippen molar-refractivity contribution in [3.05, 3.63) is 12.7 Å². The predicted octanol–water partition coefficient (Wildman–Crippen LogP) is 0.790. The van der Waals surface area contributed by atoms with Crippen LogP contribution in [0.15, 0.2) is 12.7 Å². The molecule has 0 fully saturated rings. The Morgan fingerprint density at radius 3 is 2.07 bits per heavy atom. The first-order chi connectivity index (χ1) is 6.86. The van der Waals surface area contributed by atoms with Gasteiger partial charge >= 0.3 is 11.9 Å². The number of rotatable bonds is 4. The highest BCUT2D eigenvalue weighted by Crippen LogP contribution is 1.96. The summed E-state index contributed by atoms with van der Waals surface area (Å²) in [5, 5.41) is 8.23. The zero-order chi connectivity index (χ0) is 12.4. The van der Waals surface area contributed by atoms with Crippen LogP contribution in [0, 0.1) is 5.92 Å². The fourth-order valence-electron chi connectivity index (χ4n) is 0.486. The van der Waals surface area contributed by atoms with Gasteiger partial charge in [0.25, 0.3) is 0 Å². The van der Waals surface area contributed by atoms with Gasteiger partial charge in [-0.2, -0.15) is 0 Å². The highest BCUT2D eigenvalue weighted by molar-refractivity contribution is 5.81. The van der Waals surface area contributed by atoms with Crippen LogP contribution in [0.5, 0.6) is 0 Å². The molecule has 15 heavy (non-hydrogen) atoms. The Hall–Kier alpha value is -1.36. The fourth-order valence-corrected chi connectivity index (χ4v) is 0.486. The van der Waals surface area contributed by atoms with Crippen molar-refractivity contribution in [3.63, 3.8) is 0 Å². The Morgan fingerprint density at radius 1 is 1.53 bits per heavy atom. The molecule has 0 bridgehead atoms. The zero-order valence-electron chi connectivity index (χ0n) is 9.40. The second-order valence-electron chi connectivity index (χ2n) is 3.06. The molecule has 0 heterocycles. The second kappa shape index (κ2) is 9.21. The van der Waals surface area contributed by atoms with Crippen LogP contribution in [0.1, 0.15) is 20.8 Å². The van der Waals surface area contributed by atoms with Gasteiger partial charge in [0.1, 0.15) is 6.04 Å². The largest absolute Gasteiger partial charge is 0.480 e. The van der Waals surface area contributed by atoms with Crippen molar-refractivity contribution in [1.29, 1.82) is 0 Å². The summed E-state index contributed by atoms with van der Waals surface area (Å²) in [4.78, 5) is 20.1. The lowest BCUT2D eigenvalue weighted by atomic mass is 10.1. The number of aliphatic carboxylic acids is 1. The van der Waals surface area contributed by atoms with Crippen LogP contribution in [0.25, 0.3) is 0 Å². The molecular weight excluding hydrogens is 198 g/mol. The number of esters is 1. The van der Waals surface area contributed by atoms with Crippen LogP contribution in [-0.2, 0) is 14.3 Å². The molecule has 0 aromatic carbocycles. The lowest BCUT2D eigenvalue weighted by molar-refractivity contribution is -0.139. The molecule has 88 valence electrons. The Kier molecular flexibility index (Phi) is 9.87. The molecule has 0 aliphatic rings. The van der Waals surface area contributed by atoms with Crippen LogP contribution in [-0.4, -0.2) is 29.7 Å². The van der Waals surface area contributed by atoms with Gasteiger partial charge < -0.3 is 15.6 Å². The summed E-state index contributed by atoms with van der Waals surface area (Å²) >= 11 is 0. The second-order valence-corrected chi connectivity index (χ2v) is 3.06. The third-order valence-electron chi connectivity index (χ3n) is 1.46. The summed E-state index contributed by atoms with van der Waals surface area (Å²) in [6, 6.07) is -0.713. The molecule has 3 N–H and O–H groups in total. The summed E-state index contributed by atoms with van der Waals surface area (Å²) in [5.74, 6) is -1.27. The topological polar surface area (TPSA) is 89.6 Å². The molecule has 0 radical (unpaired) electrons. The van der Waals surface area contributed by atoms with E-state index in [9.17, 15) is 9.59 Å². The third kappa shape index (κ3) is 10.6. The van der Waals surface area contributed by atoms with Gasteiger partial charge in [-0.25, -0.2) is 4.79 Å². The maximum absolute atomic E-state index is 10.1. The summed E-state index contributed by atoms with van der Waals surface area (Å²) in [5.41, 5.74) is 5.16. The van der Waals surface area contributed by atoms with Gasteiger partial charge in [0, 0.05) is 6.08 Å². The maximum Gasteiger partial charge on any atom is 0.330 e. The van der Waals surface area contributed by atoms with E-state index < -0.39 is 12.0 Å². The summed E-state index contributed by atoms with van der Waals surface area (Å²) < 4.78 is 4.43. The van der Waals surface area contributed by atoms with Crippen molar-refractivity contribution in [1.82, 2.24) is 0 Å². The highest BCUT2D eigenvalue weighted by atomic mass is 16.5. The fraction of sp³-hybridized carbons (Fsp3) is 0.600. The van der Waals surface area contributed by atoms with Crippen LogP contribution >= 0.6 is 0 Å². The van der Waals surface area contributed by atoms with E-state index in [0.29, 0.717) is 6.61 Å². The van der Waals surface area contributed by atoms with E-state index in [1.807, 2.05) is 0 Å². The van der Waals surface area contributed by atoms with E-state index in [2.05, 4.69) is 11.3 Å². The molecule has 0 saturated carbocycles. The van der Waals surface area contributed by atoms with Gasteiger partial charge in [-0.05, 0) is 12.8 Å². The number of carboxylic acid groups (broad SMARTS) is 1. The van der Waals surface area contributed by atoms with Crippen LogP contribution in [0.2, 0.25) is 0 Å². The average molecular weight is 217 g/mol. The molecule has 0 unspecified atom stereocenters. The number of ether oxygens (including phenoxy) is 1. The van der Waals surface area contributed by atoms with Crippen LogP contribution in [0.4, 0.5) is 0 Å². The molecular formula is C10H19NO4. The number of hydrogen-bond acceptors (Lipinski definition) is 4. The normalized spacial score (nSPS) is 11.0. The van der Waals surface area contributed by atoms with E-state index in [-0.39, 0.29) is 11.9 Å². The Morgan fingerprint density at radius 2 is 2.00 bits per heavy atom. The zero-order valence-corrected chi connectivity index (χ0v) is 9.40. The molecule has 0 aliphatic heterocycles. The summed E-state index contributed by atoms with van der Waals surface area (Å²) in [6.45, 7) is 8.93. The Bertz CT molecular complexity index is 213. The van der Waals surface area contributed by atoms with Gasteiger partial charge in [-0.1, -0.05) is 20.4 Å². The van der Waals surface area contributed by atoms with Crippen molar-refractivity contribution in [3.8, 4) is 0 Å². The molecule has 5 nitrogen and oxygen atoms in total. The van der Waals surface area contributed by atoms with Crippen molar-refractivity contribution in [2.75, 3.05) is 6.61 Å². The Balaban J connectivity index is 0. The van der Waals surface area contributed by atoms with E-state index in [1.165, 1.54) is 0 Å². The van der Waals surface area contributed by atoms with E-state index in [4.69, 9.17) is 10.8 Å². The van der Waals surface area contributed by atoms with Crippen molar-refractivity contribution < 1.29 is 19.4 Å². The van der Waals surface area contributed by atoms with Crippen molar-refractivity contribution in [2.45, 2.75) is 26.8 Å². The van der Waals surface area contributed by atoms with Gasteiger partial charge in [0.15, 0.2) is 0 Å². The minimum atomic E-state index is -0.931. The van der Waals surface area contributed by atoms with Gasteiger partial charge in [0.2, 0.25) is 0 Å². The minimum absolute atomic E-state index is 0.0208. The smallest absolute Gasteiger partial charge is 0.330 e. The Labute approximate surface area is 89.9 Å². The van der Waals surface area contributed by atoms with Crippen LogP contribution in [0.3, 0.4) is 0 Å². The number of carbonyl (C=O) groups is 2. The van der Waals surface area contributed by atoms with Gasteiger partial charge in [-0.15, -0.1) is 0 Å². The number of carboxylic acids is 1. The predicted molar refractivity (Wildman–Crippen MR) is 57.3 cm³/mol. The van der Waals surface area contributed by atoms with Gasteiger partial charge in [-0.3, -0.25) is 4.79 Å². The molecule has 0 aromatic heterocycles. The molecule has 0 aromatic rings. The molecule has 1 atom stereocenters. The molecule has 0 rings (SSSR count). The molecule has 0 spiro atoms. The lowest BCUT2D eigenvalue weighted by Gasteiger charge is -2.07. The molecule has 0 amide bonds. The first-order valence-electron chi connectivity index (χ1n) is 4.64. The standard InChI is InChI=1S/C5H11NO2.C5H8O2/c1-3(2)4(6)5(7)8;1-3-5(6)7-4-2/h3-4H,6H2,1-2H3,(H,7,8);3H,1,4H2,2H3/t4-;/m0./s1. The van der Waals surface area contributed by atoms with E-state index in [0.717, 1.165) is 6.08 Å². The summed E-state index contributed by atoms with van der Waals surface area (Å²) in [6.07, 6.45) is 1.14. The number of carbonyl (C=O) groups excluding carboxylic acids is 1. The quantitative estimate of drug-likeness (QED) is 0.536. The lowest BCUT2D eigenvalue weighted by Crippen LogP contribution is -2.34. The minimum Gasteiger partial charge on any atom is -0.480 e. The number of hydrogen-bond donors (Lipinski definition) is 2. The average Bonchev–Trinajstić information content (AvgIpc) is 2.17. The molecule has 5 heteroatoms. The van der Waals surface area contributed by atoms with Crippen LogP contribution < -0.4 is 5.73 Å². The van der Waals surface area contributed by atoms with Gasteiger partial charge in [0.05, 0.1) is 6.61 Å². The third-order valence-corrected chi connectivity index (χ3v) is 1.46. The SMILES string of the molecule is C=CC(=O)OCC.CC(C)[C@H](N)C(=O)O. The first-order valence-corrected chi connectivity index (χ1v) is 4.64. The van der Waals surface area contributed by atoms with E-state index >= 15 is 0 Å². The van der Waals surface area contributed by atoms with Crippen molar-refractivity contribution >= 4 is 11.9 Å². The molecule has 0 saturated heterocycles. The summed E-state index contributed by atoms with van der Waals surface area (Å²) in [7, 11) is 0. The highest BCUT2D eigenvalue weighted by Gasteiger charge is 2.14. The maximum atomic E-state index is 10.1. The van der Waals surface area contributed by atoms with E-state index in [1.54, 1.807) is 20.8 Å². The number of nitrogens with two attached hydrogens (primary N) is 1. The first kappa shape index (κ1) is 16.1. The molecule has 0 aliphatic carbocycles. The van der Waals surface area contributed by atoms with Crippen molar-refractivity contribution in [2.24, 2.45) is 11.7 Å².